The molecule has 0 aliphatic carbocycles. The molecular weight excluding hydrogens is 334 g/mol. The molecule has 0 unspecified atom stereocenters. The molecule has 0 aliphatic rings. The van der Waals surface area contributed by atoms with E-state index in [0.717, 1.165) is 6.07 Å². The van der Waals surface area contributed by atoms with Crippen molar-refractivity contribution in [3.8, 4) is 0 Å². The molecular formula is C11H10BrF4NO2. The number of alkyl halides is 3. The molecule has 1 aromatic rings. The van der Waals surface area contributed by atoms with Crippen molar-refractivity contribution in [2.45, 2.75) is 12.7 Å². The van der Waals surface area contributed by atoms with Gasteiger partial charge in [-0.25, -0.2) is 4.39 Å². The van der Waals surface area contributed by atoms with Gasteiger partial charge in [-0.1, -0.05) is 15.9 Å². The Morgan fingerprint density at radius 2 is 2.00 bits per heavy atom. The minimum atomic E-state index is -4.54. The zero-order chi connectivity index (χ0) is 14.6. The standard InChI is InChI=1S/C11H10BrF4NO2/c12-8-1-2-9(13)7(3-8)4-17(5-10(18)19)6-11(14,15)16/h1-3H,4-6H2,(H,18,19). The van der Waals surface area contributed by atoms with Crippen LogP contribution < -0.4 is 0 Å². The van der Waals surface area contributed by atoms with Crippen LogP contribution in [-0.4, -0.2) is 35.2 Å². The Kier molecular flexibility index (Phi) is 5.30. The normalized spacial score (nSPS) is 11.9. The summed E-state index contributed by atoms with van der Waals surface area (Å²) < 4.78 is 50.8. The Bertz CT molecular complexity index is 464. The molecule has 0 saturated heterocycles. The van der Waals surface area contributed by atoms with Crippen LogP contribution in [0.25, 0.3) is 0 Å². The summed E-state index contributed by atoms with van der Waals surface area (Å²) in [4.78, 5) is 11.1. The molecule has 0 heterocycles. The number of carboxylic acids is 1. The number of benzene rings is 1. The van der Waals surface area contributed by atoms with Crippen molar-refractivity contribution in [3.05, 3.63) is 34.1 Å². The highest BCUT2D eigenvalue weighted by Gasteiger charge is 2.31. The number of carbonyl (C=O) groups is 1. The van der Waals surface area contributed by atoms with E-state index >= 15 is 0 Å². The minimum Gasteiger partial charge on any atom is -0.480 e. The van der Waals surface area contributed by atoms with Gasteiger partial charge >= 0.3 is 12.1 Å². The lowest BCUT2D eigenvalue weighted by molar-refractivity contribution is -0.154. The van der Waals surface area contributed by atoms with Gasteiger partial charge in [0.25, 0.3) is 0 Å². The summed E-state index contributed by atoms with van der Waals surface area (Å²) in [5.41, 5.74) is -0.000116. The van der Waals surface area contributed by atoms with Crippen LogP contribution in [0, 0.1) is 5.82 Å². The van der Waals surface area contributed by atoms with E-state index in [2.05, 4.69) is 15.9 Å². The largest absolute Gasteiger partial charge is 0.480 e. The van der Waals surface area contributed by atoms with Crippen molar-refractivity contribution in [2.24, 2.45) is 0 Å². The first-order chi connectivity index (χ1) is 8.67. The molecule has 0 spiro atoms. The lowest BCUT2D eigenvalue weighted by atomic mass is 10.2. The lowest BCUT2D eigenvalue weighted by Crippen LogP contribution is -2.37. The third kappa shape index (κ3) is 6.02. The first-order valence-corrected chi connectivity index (χ1v) is 5.91. The maximum atomic E-state index is 13.4. The molecule has 1 N–H and O–H groups in total. The van der Waals surface area contributed by atoms with Crippen LogP contribution in [0.3, 0.4) is 0 Å². The molecule has 0 amide bonds. The second kappa shape index (κ2) is 6.33. The van der Waals surface area contributed by atoms with Crippen LogP contribution in [0.15, 0.2) is 22.7 Å². The molecule has 0 bridgehead atoms. The number of hydrogen-bond donors (Lipinski definition) is 1. The van der Waals surface area contributed by atoms with Gasteiger partial charge in [-0.15, -0.1) is 0 Å². The zero-order valence-electron chi connectivity index (χ0n) is 9.55. The van der Waals surface area contributed by atoms with Crippen LogP contribution in [-0.2, 0) is 11.3 Å². The number of carboxylic acid groups (broad SMARTS) is 1. The van der Waals surface area contributed by atoms with E-state index in [1.165, 1.54) is 12.1 Å². The smallest absolute Gasteiger partial charge is 0.401 e. The van der Waals surface area contributed by atoms with Crippen molar-refractivity contribution in [3.63, 3.8) is 0 Å². The van der Waals surface area contributed by atoms with Gasteiger partial charge in [-0.05, 0) is 18.2 Å². The van der Waals surface area contributed by atoms with Gasteiger partial charge in [0, 0.05) is 16.6 Å². The summed E-state index contributed by atoms with van der Waals surface area (Å²) in [6.07, 6.45) is -4.54. The Morgan fingerprint density at radius 3 is 2.53 bits per heavy atom. The van der Waals surface area contributed by atoms with E-state index in [1.807, 2.05) is 0 Å². The maximum absolute atomic E-state index is 13.4. The zero-order valence-corrected chi connectivity index (χ0v) is 11.1. The van der Waals surface area contributed by atoms with Gasteiger partial charge in [0.1, 0.15) is 5.82 Å². The summed E-state index contributed by atoms with van der Waals surface area (Å²) >= 11 is 3.07. The molecule has 106 valence electrons. The predicted octanol–water partition coefficient (Wildman–Crippen LogP) is 3.04. The second-order valence-electron chi connectivity index (χ2n) is 3.89. The Hall–Kier alpha value is -1.15. The van der Waals surface area contributed by atoms with Gasteiger partial charge in [0.2, 0.25) is 0 Å². The highest BCUT2D eigenvalue weighted by molar-refractivity contribution is 9.10. The highest BCUT2D eigenvalue weighted by atomic mass is 79.9. The number of hydrogen-bond acceptors (Lipinski definition) is 2. The third-order valence-electron chi connectivity index (χ3n) is 2.16. The van der Waals surface area contributed by atoms with Crippen molar-refractivity contribution >= 4 is 21.9 Å². The lowest BCUT2D eigenvalue weighted by Gasteiger charge is -2.22. The van der Waals surface area contributed by atoms with Crippen LogP contribution in [0.1, 0.15) is 5.56 Å². The number of halogens is 5. The fraction of sp³-hybridized carbons (Fsp3) is 0.364. The monoisotopic (exact) mass is 343 g/mol. The SMILES string of the molecule is O=C(O)CN(Cc1cc(Br)ccc1F)CC(F)(F)F. The summed E-state index contributed by atoms with van der Waals surface area (Å²) in [6.45, 7) is -2.66. The molecule has 0 atom stereocenters. The van der Waals surface area contributed by atoms with E-state index in [1.54, 1.807) is 0 Å². The van der Waals surface area contributed by atoms with Gasteiger partial charge in [-0.2, -0.15) is 13.2 Å². The fourth-order valence-electron chi connectivity index (χ4n) is 1.52. The van der Waals surface area contributed by atoms with Gasteiger partial charge in [-0.3, -0.25) is 9.69 Å². The average Bonchev–Trinajstić information content (AvgIpc) is 2.20. The molecule has 0 aliphatic heterocycles. The molecule has 0 saturated carbocycles. The highest BCUT2D eigenvalue weighted by Crippen LogP contribution is 2.21. The molecule has 0 fully saturated rings. The molecule has 19 heavy (non-hydrogen) atoms. The van der Waals surface area contributed by atoms with Gasteiger partial charge in [0.05, 0.1) is 13.1 Å². The average molecular weight is 344 g/mol. The quantitative estimate of drug-likeness (QED) is 0.835. The molecule has 3 nitrogen and oxygen atoms in total. The van der Waals surface area contributed by atoms with Crippen LogP contribution in [0.2, 0.25) is 0 Å². The van der Waals surface area contributed by atoms with Gasteiger partial charge in [0.15, 0.2) is 0 Å². The Morgan fingerprint density at radius 1 is 1.37 bits per heavy atom. The number of aliphatic carboxylic acids is 1. The molecule has 1 aromatic carbocycles. The number of rotatable bonds is 5. The summed E-state index contributed by atoms with van der Waals surface area (Å²) in [7, 11) is 0. The summed E-state index contributed by atoms with van der Waals surface area (Å²) in [6, 6.07) is 3.83. The third-order valence-corrected chi connectivity index (χ3v) is 2.66. The molecule has 0 aromatic heterocycles. The van der Waals surface area contributed by atoms with E-state index in [4.69, 9.17) is 5.11 Å². The van der Waals surface area contributed by atoms with Crippen molar-refractivity contribution in [2.75, 3.05) is 13.1 Å². The van der Waals surface area contributed by atoms with Crippen molar-refractivity contribution in [1.29, 1.82) is 0 Å². The van der Waals surface area contributed by atoms with Crippen molar-refractivity contribution in [1.82, 2.24) is 4.90 Å². The minimum absolute atomic E-state index is 0.000116. The van der Waals surface area contributed by atoms with Crippen LogP contribution in [0.5, 0.6) is 0 Å². The molecule has 1 rings (SSSR count). The van der Waals surface area contributed by atoms with Gasteiger partial charge < -0.3 is 5.11 Å². The Balaban J connectivity index is 2.87. The van der Waals surface area contributed by atoms with E-state index in [-0.39, 0.29) is 5.56 Å². The topological polar surface area (TPSA) is 40.5 Å². The molecule has 8 heteroatoms. The maximum Gasteiger partial charge on any atom is 0.401 e. The number of nitrogens with zero attached hydrogens (tertiary/aromatic N) is 1. The summed E-state index contributed by atoms with van der Waals surface area (Å²) in [5, 5.41) is 8.57. The molecule has 0 radical (unpaired) electrons. The van der Waals surface area contributed by atoms with E-state index in [9.17, 15) is 22.4 Å². The van der Waals surface area contributed by atoms with E-state index < -0.39 is 37.6 Å². The van der Waals surface area contributed by atoms with Crippen LogP contribution in [0.4, 0.5) is 17.6 Å². The first-order valence-electron chi connectivity index (χ1n) is 5.12. The van der Waals surface area contributed by atoms with E-state index in [0.29, 0.717) is 9.37 Å². The second-order valence-corrected chi connectivity index (χ2v) is 4.81. The fourth-order valence-corrected chi connectivity index (χ4v) is 1.93. The van der Waals surface area contributed by atoms with Crippen molar-refractivity contribution < 1.29 is 27.5 Å². The Labute approximate surface area is 115 Å². The predicted molar refractivity (Wildman–Crippen MR) is 63.1 cm³/mol. The first kappa shape index (κ1) is 15.9. The summed E-state index contributed by atoms with van der Waals surface area (Å²) in [5.74, 6) is -2.08. The van der Waals surface area contributed by atoms with Crippen LogP contribution >= 0.6 is 15.9 Å².